The number of benzene rings is 1. The zero-order valence-corrected chi connectivity index (χ0v) is 13.0. The first-order valence-electron chi connectivity index (χ1n) is 7.07. The zero-order valence-electron chi connectivity index (χ0n) is 13.0. The van der Waals surface area contributed by atoms with Crippen molar-refractivity contribution in [2.75, 3.05) is 13.7 Å². The third-order valence-electron chi connectivity index (χ3n) is 2.80. The van der Waals surface area contributed by atoms with E-state index >= 15 is 0 Å². The van der Waals surface area contributed by atoms with Crippen molar-refractivity contribution in [2.45, 2.75) is 40.2 Å². The van der Waals surface area contributed by atoms with Crippen molar-refractivity contribution >= 4 is 5.91 Å². The van der Waals surface area contributed by atoms with Crippen LogP contribution < -0.4 is 14.8 Å². The monoisotopic (exact) mass is 279 g/mol. The minimum absolute atomic E-state index is 0.0645. The van der Waals surface area contributed by atoms with Gasteiger partial charge in [0.25, 0.3) is 5.91 Å². The molecule has 0 spiro atoms. The molecule has 4 nitrogen and oxygen atoms in total. The Labute approximate surface area is 121 Å². The van der Waals surface area contributed by atoms with Gasteiger partial charge in [0, 0.05) is 12.1 Å². The molecule has 1 N–H and O–H groups in total. The number of nitrogens with one attached hydrogen (secondary N) is 1. The molecule has 0 heterocycles. The average Bonchev–Trinajstić information content (AvgIpc) is 2.37. The van der Waals surface area contributed by atoms with Gasteiger partial charge in [-0.25, -0.2) is 0 Å². The number of hydrogen-bond donors (Lipinski definition) is 1. The molecule has 0 aliphatic carbocycles. The Balaban J connectivity index is 2.73. The maximum Gasteiger partial charge on any atom is 0.251 e. The van der Waals surface area contributed by atoms with Crippen LogP contribution in [0.2, 0.25) is 0 Å². The van der Waals surface area contributed by atoms with Crippen LogP contribution in [-0.4, -0.2) is 25.7 Å². The molecule has 0 fully saturated rings. The molecular weight excluding hydrogens is 254 g/mol. The highest BCUT2D eigenvalue weighted by Gasteiger charge is 2.11. The normalized spacial score (nSPS) is 10.8. The number of carbonyl (C=O) groups excluding carboxylic acids is 1. The highest BCUT2D eigenvalue weighted by atomic mass is 16.5. The lowest BCUT2D eigenvalue weighted by Crippen LogP contribution is -2.25. The average molecular weight is 279 g/mol. The standard InChI is InChI=1S/C16H25NO3/c1-11(2)8-9-17-16(18)13-6-7-14(20-12(3)4)15(10-13)19-5/h6-7,10-12H,8-9H2,1-5H3,(H,17,18). The van der Waals surface area contributed by atoms with Crippen molar-refractivity contribution in [1.29, 1.82) is 0 Å². The Hall–Kier alpha value is -1.71. The summed E-state index contributed by atoms with van der Waals surface area (Å²) in [6.45, 7) is 8.85. The van der Waals surface area contributed by atoms with Gasteiger partial charge in [-0.15, -0.1) is 0 Å². The molecule has 1 rings (SSSR count). The van der Waals surface area contributed by atoms with Crippen LogP contribution in [0.4, 0.5) is 0 Å². The summed E-state index contributed by atoms with van der Waals surface area (Å²) in [4.78, 5) is 12.0. The molecule has 0 bridgehead atoms. The van der Waals surface area contributed by atoms with Gasteiger partial charge in [-0.05, 0) is 44.4 Å². The molecule has 0 aromatic heterocycles. The number of hydrogen-bond acceptors (Lipinski definition) is 3. The first-order chi connectivity index (χ1) is 9.43. The molecule has 1 aromatic rings. The molecule has 0 radical (unpaired) electrons. The van der Waals surface area contributed by atoms with Crippen LogP contribution in [0.3, 0.4) is 0 Å². The lowest BCUT2D eigenvalue weighted by molar-refractivity contribution is 0.0951. The van der Waals surface area contributed by atoms with E-state index in [1.165, 1.54) is 0 Å². The number of carbonyl (C=O) groups is 1. The lowest BCUT2D eigenvalue weighted by atomic mass is 10.1. The van der Waals surface area contributed by atoms with Crippen LogP contribution in [0, 0.1) is 5.92 Å². The smallest absolute Gasteiger partial charge is 0.251 e. The summed E-state index contributed by atoms with van der Waals surface area (Å²) < 4.78 is 10.9. The van der Waals surface area contributed by atoms with Gasteiger partial charge in [-0.1, -0.05) is 13.8 Å². The van der Waals surface area contributed by atoms with E-state index in [0.29, 0.717) is 29.5 Å². The number of methoxy groups -OCH3 is 1. The van der Waals surface area contributed by atoms with Crippen molar-refractivity contribution in [3.63, 3.8) is 0 Å². The molecule has 1 amide bonds. The first kappa shape index (κ1) is 16.3. The van der Waals surface area contributed by atoms with E-state index in [4.69, 9.17) is 9.47 Å². The fraction of sp³-hybridized carbons (Fsp3) is 0.562. The van der Waals surface area contributed by atoms with Gasteiger partial charge in [0.1, 0.15) is 0 Å². The lowest BCUT2D eigenvalue weighted by Gasteiger charge is -2.14. The van der Waals surface area contributed by atoms with E-state index in [1.807, 2.05) is 13.8 Å². The van der Waals surface area contributed by atoms with Crippen molar-refractivity contribution in [2.24, 2.45) is 5.92 Å². The van der Waals surface area contributed by atoms with E-state index in [-0.39, 0.29) is 12.0 Å². The molecule has 0 saturated heterocycles. The van der Waals surface area contributed by atoms with E-state index < -0.39 is 0 Å². The third-order valence-corrected chi connectivity index (χ3v) is 2.80. The van der Waals surface area contributed by atoms with Crippen molar-refractivity contribution in [3.05, 3.63) is 23.8 Å². The predicted molar refractivity (Wildman–Crippen MR) is 80.5 cm³/mol. The van der Waals surface area contributed by atoms with Crippen LogP contribution in [0.25, 0.3) is 0 Å². The predicted octanol–water partition coefficient (Wildman–Crippen LogP) is 3.26. The van der Waals surface area contributed by atoms with Crippen LogP contribution in [0.1, 0.15) is 44.5 Å². The Bertz CT molecular complexity index is 441. The second-order valence-corrected chi connectivity index (χ2v) is 5.47. The Morgan fingerprint density at radius 3 is 2.45 bits per heavy atom. The SMILES string of the molecule is COc1cc(C(=O)NCCC(C)C)ccc1OC(C)C. The van der Waals surface area contributed by atoms with Crippen LogP contribution in [0.5, 0.6) is 11.5 Å². The summed E-state index contributed by atoms with van der Waals surface area (Å²) in [7, 11) is 1.57. The number of ether oxygens (including phenoxy) is 2. The molecule has 0 saturated carbocycles. The van der Waals surface area contributed by atoms with Crippen molar-refractivity contribution in [3.8, 4) is 11.5 Å². The molecular formula is C16H25NO3. The molecule has 0 aliphatic heterocycles. The van der Waals surface area contributed by atoms with Gasteiger partial charge >= 0.3 is 0 Å². The number of rotatable bonds is 7. The molecule has 20 heavy (non-hydrogen) atoms. The van der Waals surface area contributed by atoms with Crippen molar-refractivity contribution in [1.82, 2.24) is 5.32 Å². The van der Waals surface area contributed by atoms with E-state index in [2.05, 4.69) is 19.2 Å². The van der Waals surface area contributed by atoms with Crippen LogP contribution in [0.15, 0.2) is 18.2 Å². The minimum atomic E-state index is -0.0833. The topological polar surface area (TPSA) is 47.6 Å². The first-order valence-corrected chi connectivity index (χ1v) is 7.07. The molecule has 0 aliphatic rings. The summed E-state index contributed by atoms with van der Waals surface area (Å²) in [5.41, 5.74) is 0.585. The Kier molecular flexibility index (Phi) is 6.36. The van der Waals surface area contributed by atoms with Gasteiger partial charge in [0.05, 0.1) is 13.2 Å². The summed E-state index contributed by atoms with van der Waals surface area (Å²) in [5.74, 6) is 1.73. The fourth-order valence-electron chi connectivity index (χ4n) is 1.74. The van der Waals surface area contributed by atoms with Gasteiger partial charge in [-0.2, -0.15) is 0 Å². The van der Waals surface area contributed by atoms with E-state index in [1.54, 1.807) is 25.3 Å². The molecule has 0 unspecified atom stereocenters. The summed E-state index contributed by atoms with van der Waals surface area (Å²) >= 11 is 0. The largest absolute Gasteiger partial charge is 0.493 e. The van der Waals surface area contributed by atoms with Gasteiger partial charge in [0.2, 0.25) is 0 Å². The zero-order chi connectivity index (χ0) is 15.1. The molecule has 0 atom stereocenters. The van der Waals surface area contributed by atoms with Crippen LogP contribution >= 0.6 is 0 Å². The Morgan fingerprint density at radius 1 is 1.20 bits per heavy atom. The van der Waals surface area contributed by atoms with Crippen molar-refractivity contribution < 1.29 is 14.3 Å². The van der Waals surface area contributed by atoms with Crippen LogP contribution in [-0.2, 0) is 0 Å². The minimum Gasteiger partial charge on any atom is -0.493 e. The highest BCUT2D eigenvalue weighted by molar-refractivity contribution is 5.94. The molecule has 4 heteroatoms. The maximum atomic E-state index is 12.0. The molecule has 112 valence electrons. The summed E-state index contributed by atoms with van der Waals surface area (Å²) in [6, 6.07) is 5.24. The van der Waals surface area contributed by atoms with E-state index in [9.17, 15) is 4.79 Å². The number of amides is 1. The second kappa shape index (κ2) is 7.78. The van der Waals surface area contributed by atoms with Gasteiger partial charge < -0.3 is 14.8 Å². The fourth-order valence-corrected chi connectivity index (χ4v) is 1.74. The quantitative estimate of drug-likeness (QED) is 0.833. The summed E-state index contributed by atoms with van der Waals surface area (Å²) in [6.07, 6.45) is 1.03. The summed E-state index contributed by atoms with van der Waals surface area (Å²) in [5, 5.41) is 2.91. The molecule has 1 aromatic carbocycles. The third kappa shape index (κ3) is 5.11. The Morgan fingerprint density at radius 2 is 1.90 bits per heavy atom. The van der Waals surface area contributed by atoms with E-state index in [0.717, 1.165) is 6.42 Å². The van der Waals surface area contributed by atoms with Gasteiger partial charge in [0.15, 0.2) is 11.5 Å². The maximum absolute atomic E-state index is 12.0. The second-order valence-electron chi connectivity index (χ2n) is 5.47. The van der Waals surface area contributed by atoms with Gasteiger partial charge in [-0.3, -0.25) is 4.79 Å². The highest BCUT2D eigenvalue weighted by Crippen LogP contribution is 2.28.